The average molecular weight is 408 g/mol. The van der Waals surface area contributed by atoms with Gasteiger partial charge in [0.05, 0.1) is 86.0 Å². The van der Waals surface area contributed by atoms with Crippen LogP contribution in [0.3, 0.4) is 0 Å². The van der Waals surface area contributed by atoms with Crippen LogP contribution in [0.5, 0.6) is 0 Å². The topological polar surface area (TPSA) is 98.8 Å². The fourth-order valence-electron chi connectivity index (χ4n) is 1.79. The Morgan fingerprint density at radius 2 is 0.893 bits per heavy atom. The second-order valence-corrected chi connectivity index (χ2v) is 6.72. The van der Waals surface area contributed by atoms with Crippen molar-refractivity contribution in [2.75, 3.05) is 73.2 Å². The van der Waals surface area contributed by atoms with E-state index in [9.17, 15) is 9.59 Å². The van der Waals surface area contributed by atoms with Crippen molar-refractivity contribution in [3.63, 3.8) is 0 Å². The predicted molar refractivity (Wildman–Crippen MR) is 101 cm³/mol. The monoisotopic (exact) mass is 408 g/mol. The molecular weight excluding hydrogens is 372 g/mol. The SMILES string of the molecule is COC(=O)CCOCCOCCOCCOCCOCCC(=O)OC(C)(C)C. The molecule has 0 aliphatic carbocycles. The fraction of sp³-hybridized carbons (Fsp3) is 0.895. The minimum absolute atomic E-state index is 0.233. The highest BCUT2D eigenvalue weighted by Crippen LogP contribution is 2.07. The zero-order valence-electron chi connectivity index (χ0n) is 17.7. The molecule has 0 aromatic heterocycles. The van der Waals surface area contributed by atoms with Gasteiger partial charge in [-0.1, -0.05) is 0 Å². The van der Waals surface area contributed by atoms with Gasteiger partial charge in [-0.25, -0.2) is 0 Å². The highest BCUT2D eigenvalue weighted by atomic mass is 16.6. The fourth-order valence-corrected chi connectivity index (χ4v) is 1.79. The lowest BCUT2D eigenvalue weighted by atomic mass is 10.2. The van der Waals surface area contributed by atoms with Crippen LogP contribution in [-0.2, 0) is 42.7 Å². The van der Waals surface area contributed by atoms with Gasteiger partial charge in [-0.3, -0.25) is 9.59 Å². The Morgan fingerprint density at radius 3 is 1.21 bits per heavy atom. The standard InChI is InChI=1S/C19H36O9/c1-19(2,3)28-18(21)6-8-24-10-12-26-14-16-27-15-13-25-11-9-23-7-5-17(20)22-4/h5-16H2,1-4H3. The maximum absolute atomic E-state index is 11.5. The summed E-state index contributed by atoms with van der Waals surface area (Å²) in [6, 6.07) is 0. The smallest absolute Gasteiger partial charge is 0.308 e. The lowest BCUT2D eigenvalue weighted by Crippen LogP contribution is -2.24. The number of ether oxygens (including phenoxy) is 7. The first-order chi connectivity index (χ1) is 13.3. The van der Waals surface area contributed by atoms with Crippen molar-refractivity contribution in [1.82, 2.24) is 0 Å². The molecule has 0 aromatic rings. The van der Waals surface area contributed by atoms with Gasteiger partial charge in [-0.05, 0) is 20.8 Å². The number of carbonyl (C=O) groups excluding carboxylic acids is 2. The first-order valence-corrected chi connectivity index (χ1v) is 9.52. The molecule has 0 saturated heterocycles. The van der Waals surface area contributed by atoms with E-state index in [1.165, 1.54) is 7.11 Å². The molecule has 9 heteroatoms. The molecule has 0 spiro atoms. The van der Waals surface area contributed by atoms with Crippen molar-refractivity contribution < 1.29 is 42.7 Å². The summed E-state index contributed by atoms with van der Waals surface area (Å²) in [6.07, 6.45) is 0.477. The molecule has 28 heavy (non-hydrogen) atoms. The van der Waals surface area contributed by atoms with Crippen LogP contribution in [0.2, 0.25) is 0 Å². The van der Waals surface area contributed by atoms with Crippen LogP contribution in [0.1, 0.15) is 33.6 Å². The molecule has 0 radical (unpaired) electrons. The molecule has 9 nitrogen and oxygen atoms in total. The Bertz CT molecular complexity index is 393. The molecule has 0 amide bonds. The Balaban J connectivity index is 3.16. The van der Waals surface area contributed by atoms with Crippen LogP contribution in [0.4, 0.5) is 0 Å². The van der Waals surface area contributed by atoms with Gasteiger partial charge in [-0.15, -0.1) is 0 Å². The lowest BCUT2D eigenvalue weighted by Gasteiger charge is -2.19. The zero-order valence-corrected chi connectivity index (χ0v) is 17.7. The van der Waals surface area contributed by atoms with Crippen molar-refractivity contribution in [2.24, 2.45) is 0 Å². The third-order valence-electron chi connectivity index (χ3n) is 3.04. The average Bonchev–Trinajstić information content (AvgIpc) is 2.62. The number of methoxy groups -OCH3 is 1. The molecule has 0 aliphatic heterocycles. The van der Waals surface area contributed by atoms with Crippen LogP contribution in [-0.4, -0.2) is 90.7 Å². The molecular formula is C19H36O9. The summed E-state index contributed by atoms with van der Waals surface area (Å²) in [6.45, 7) is 9.74. The summed E-state index contributed by atoms with van der Waals surface area (Å²) in [5, 5.41) is 0. The highest BCUT2D eigenvalue weighted by molar-refractivity contribution is 5.70. The lowest BCUT2D eigenvalue weighted by molar-refractivity contribution is -0.156. The summed E-state index contributed by atoms with van der Waals surface area (Å²) in [7, 11) is 1.35. The molecule has 0 rings (SSSR count). The predicted octanol–water partition coefficient (Wildman–Crippen LogP) is 1.36. The van der Waals surface area contributed by atoms with Gasteiger partial charge in [0.2, 0.25) is 0 Å². The van der Waals surface area contributed by atoms with Gasteiger partial charge in [0.15, 0.2) is 0 Å². The summed E-state index contributed by atoms with van der Waals surface area (Å²) in [4.78, 5) is 22.3. The van der Waals surface area contributed by atoms with Crippen molar-refractivity contribution >= 4 is 11.9 Å². The van der Waals surface area contributed by atoms with Crippen LogP contribution < -0.4 is 0 Å². The van der Waals surface area contributed by atoms with Gasteiger partial charge >= 0.3 is 11.9 Å². The van der Waals surface area contributed by atoms with Crippen LogP contribution >= 0.6 is 0 Å². The van der Waals surface area contributed by atoms with Crippen LogP contribution in [0, 0.1) is 0 Å². The van der Waals surface area contributed by atoms with E-state index in [1.807, 2.05) is 20.8 Å². The van der Waals surface area contributed by atoms with Crippen molar-refractivity contribution in [1.29, 1.82) is 0 Å². The van der Waals surface area contributed by atoms with Gasteiger partial charge in [0, 0.05) is 0 Å². The van der Waals surface area contributed by atoms with Gasteiger partial charge in [0.1, 0.15) is 5.60 Å². The molecule has 166 valence electrons. The molecule has 0 bridgehead atoms. The van der Waals surface area contributed by atoms with E-state index in [0.29, 0.717) is 66.1 Å². The number of hydrogen-bond acceptors (Lipinski definition) is 9. The van der Waals surface area contributed by atoms with Gasteiger partial charge in [-0.2, -0.15) is 0 Å². The summed E-state index contributed by atoms with van der Waals surface area (Å²) < 4.78 is 36.2. The van der Waals surface area contributed by atoms with E-state index in [1.54, 1.807) is 0 Å². The van der Waals surface area contributed by atoms with E-state index >= 15 is 0 Å². The summed E-state index contributed by atoms with van der Waals surface area (Å²) in [5.41, 5.74) is -0.468. The number of rotatable bonds is 18. The Morgan fingerprint density at radius 1 is 0.571 bits per heavy atom. The molecule has 0 unspecified atom stereocenters. The maximum Gasteiger partial charge on any atom is 0.308 e. The number of hydrogen-bond donors (Lipinski definition) is 0. The second kappa shape index (κ2) is 17.8. The number of carbonyl (C=O) groups is 2. The van der Waals surface area contributed by atoms with Crippen molar-refractivity contribution in [3.05, 3.63) is 0 Å². The van der Waals surface area contributed by atoms with Crippen LogP contribution in [0.15, 0.2) is 0 Å². The molecule has 0 atom stereocenters. The highest BCUT2D eigenvalue weighted by Gasteiger charge is 2.15. The molecule has 0 heterocycles. The summed E-state index contributed by atoms with van der Waals surface area (Å²) >= 11 is 0. The third kappa shape index (κ3) is 21.0. The molecule has 0 fully saturated rings. The van der Waals surface area contributed by atoms with E-state index in [2.05, 4.69) is 4.74 Å². The second-order valence-electron chi connectivity index (χ2n) is 6.72. The van der Waals surface area contributed by atoms with E-state index in [-0.39, 0.29) is 24.8 Å². The normalized spacial score (nSPS) is 11.4. The first kappa shape index (κ1) is 26.7. The molecule has 0 saturated carbocycles. The summed E-state index contributed by atoms with van der Waals surface area (Å²) in [5.74, 6) is -0.555. The maximum atomic E-state index is 11.5. The van der Waals surface area contributed by atoms with Crippen molar-refractivity contribution in [2.45, 2.75) is 39.2 Å². The van der Waals surface area contributed by atoms with E-state index in [0.717, 1.165) is 0 Å². The zero-order chi connectivity index (χ0) is 21.1. The van der Waals surface area contributed by atoms with Crippen LogP contribution in [0.25, 0.3) is 0 Å². The molecule has 0 aromatic carbocycles. The van der Waals surface area contributed by atoms with Gasteiger partial charge < -0.3 is 33.2 Å². The quantitative estimate of drug-likeness (QED) is 0.246. The largest absolute Gasteiger partial charge is 0.469 e. The first-order valence-electron chi connectivity index (χ1n) is 9.52. The van der Waals surface area contributed by atoms with Gasteiger partial charge in [0.25, 0.3) is 0 Å². The van der Waals surface area contributed by atoms with E-state index < -0.39 is 5.60 Å². The third-order valence-corrected chi connectivity index (χ3v) is 3.04. The molecule has 0 N–H and O–H groups in total. The van der Waals surface area contributed by atoms with E-state index in [4.69, 9.17) is 28.4 Å². The van der Waals surface area contributed by atoms with Crippen molar-refractivity contribution in [3.8, 4) is 0 Å². The Kier molecular flexibility index (Phi) is 17.0. The molecule has 0 aliphatic rings. The number of esters is 2. The minimum atomic E-state index is -0.468. The Hall–Kier alpha value is -1.26. The minimum Gasteiger partial charge on any atom is -0.469 e. The Labute approximate surface area is 167 Å².